The van der Waals surface area contributed by atoms with Crippen LogP contribution in [0.1, 0.15) is 39.0 Å². The summed E-state index contributed by atoms with van der Waals surface area (Å²) in [6.07, 6.45) is 2.95. The average molecular weight is 347 g/mol. The van der Waals surface area contributed by atoms with Crippen molar-refractivity contribution < 1.29 is 24.2 Å². The summed E-state index contributed by atoms with van der Waals surface area (Å²) in [5.74, 6) is 1.07. The first-order valence-electron chi connectivity index (χ1n) is 8.92. The number of β-amino-alcohol motifs (C(OH)–C–C–N with tert-alkyl or cyclic N) is 1. The summed E-state index contributed by atoms with van der Waals surface area (Å²) in [5, 5.41) is 10.2. The Morgan fingerprint density at radius 3 is 2.32 bits per heavy atom. The normalized spacial score (nSPS) is 20.3. The maximum atomic E-state index is 12.6. The second kappa shape index (κ2) is 7.44. The third-order valence-corrected chi connectivity index (χ3v) is 5.02. The van der Waals surface area contributed by atoms with Crippen molar-refractivity contribution >= 4 is 11.8 Å². The van der Waals surface area contributed by atoms with Gasteiger partial charge in [-0.25, -0.2) is 0 Å². The standard InChI is InChI=1S/C19H25NO5/c1-2-24-15-5-7-16(8-6-15)25-13-14(21)12-20-17(22)11-19(18(20)23)9-3-4-10-19/h5-8,14,21H,2-4,9-13H2,1H3. The molecule has 0 bridgehead atoms. The highest BCUT2D eigenvalue weighted by molar-refractivity contribution is 6.06. The number of rotatable bonds is 7. The van der Waals surface area contributed by atoms with E-state index < -0.39 is 11.5 Å². The van der Waals surface area contributed by atoms with Crippen LogP contribution in [0, 0.1) is 5.41 Å². The molecule has 1 saturated carbocycles. The Morgan fingerprint density at radius 2 is 1.72 bits per heavy atom. The average Bonchev–Trinajstić information content (AvgIpc) is 3.16. The van der Waals surface area contributed by atoms with Gasteiger partial charge in [0.2, 0.25) is 11.8 Å². The number of hydrogen-bond donors (Lipinski definition) is 1. The van der Waals surface area contributed by atoms with Crippen molar-refractivity contribution in [2.45, 2.75) is 45.1 Å². The molecule has 1 heterocycles. The molecule has 1 spiro atoms. The van der Waals surface area contributed by atoms with E-state index in [0.29, 0.717) is 12.4 Å². The minimum atomic E-state index is -0.906. The predicted molar refractivity (Wildman–Crippen MR) is 91.4 cm³/mol. The zero-order chi connectivity index (χ0) is 17.9. The molecular formula is C19H25NO5. The van der Waals surface area contributed by atoms with Gasteiger partial charge in [-0.3, -0.25) is 14.5 Å². The molecular weight excluding hydrogens is 322 g/mol. The van der Waals surface area contributed by atoms with Gasteiger partial charge in [0, 0.05) is 6.42 Å². The number of benzene rings is 1. The SMILES string of the molecule is CCOc1ccc(OCC(O)CN2C(=O)CC3(CCCC3)C2=O)cc1. The summed E-state index contributed by atoms with van der Waals surface area (Å²) >= 11 is 0. The molecule has 3 rings (SSSR count). The number of amides is 2. The van der Waals surface area contributed by atoms with Crippen LogP contribution in [-0.2, 0) is 9.59 Å². The minimum Gasteiger partial charge on any atom is -0.494 e. The van der Waals surface area contributed by atoms with E-state index in [9.17, 15) is 14.7 Å². The van der Waals surface area contributed by atoms with Crippen LogP contribution < -0.4 is 9.47 Å². The summed E-state index contributed by atoms with van der Waals surface area (Å²) in [4.78, 5) is 26.0. The Kier molecular flexibility index (Phi) is 5.27. The number of ether oxygens (including phenoxy) is 2. The highest BCUT2D eigenvalue weighted by Crippen LogP contribution is 2.46. The summed E-state index contributed by atoms with van der Waals surface area (Å²) in [7, 11) is 0. The van der Waals surface area contributed by atoms with Crippen LogP contribution in [0.3, 0.4) is 0 Å². The topological polar surface area (TPSA) is 76.1 Å². The first kappa shape index (κ1) is 17.7. The molecule has 0 radical (unpaired) electrons. The summed E-state index contributed by atoms with van der Waals surface area (Å²) < 4.78 is 10.9. The Labute approximate surface area is 147 Å². The van der Waals surface area contributed by atoms with Crippen molar-refractivity contribution in [1.29, 1.82) is 0 Å². The molecule has 136 valence electrons. The quantitative estimate of drug-likeness (QED) is 0.765. The molecule has 0 aromatic heterocycles. The fourth-order valence-electron chi connectivity index (χ4n) is 3.74. The highest BCUT2D eigenvalue weighted by Gasteiger charge is 2.52. The Bertz CT molecular complexity index is 621. The lowest BCUT2D eigenvalue weighted by molar-refractivity contribution is -0.143. The fourth-order valence-corrected chi connectivity index (χ4v) is 3.74. The maximum Gasteiger partial charge on any atom is 0.235 e. The van der Waals surface area contributed by atoms with Crippen molar-refractivity contribution in [3.63, 3.8) is 0 Å². The molecule has 1 aromatic rings. The molecule has 1 N–H and O–H groups in total. The van der Waals surface area contributed by atoms with Crippen molar-refractivity contribution in [2.75, 3.05) is 19.8 Å². The van der Waals surface area contributed by atoms with Gasteiger partial charge in [0.1, 0.15) is 24.2 Å². The van der Waals surface area contributed by atoms with E-state index >= 15 is 0 Å². The van der Waals surface area contributed by atoms with E-state index in [1.54, 1.807) is 24.3 Å². The Balaban J connectivity index is 1.51. The van der Waals surface area contributed by atoms with E-state index in [4.69, 9.17) is 9.47 Å². The van der Waals surface area contributed by atoms with Crippen LogP contribution >= 0.6 is 0 Å². The number of hydrogen-bond acceptors (Lipinski definition) is 5. The largest absolute Gasteiger partial charge is 0.494 e. The monoisotopic (exact) mass is 347 g/mol. The third kappa shape index (κ3) is 3.79. The maximum absolute atomic E-state index is 12.6. The van der Waals surface area contributed by atoms with E-state index in [2.05, 4.69) is 0 Å². The lowest BCUT2D eigenvalue weighted by Crippen LogP contribution is -2.41. The van der Waals surface area contributed by atoms with Gasteiger partial charge in [-0.05, 0) is 44.0 Å². The second-order valence-electron chi connectivity index (χ2n) is 6.84. The van der Waals surface area contributed by atoms with Gasteiger partial charge in [0.25, 0.3) is 0 Å². The number of carbonyl (C=O) groups excluding carboxylic acids is 2. The van der Waals surface area contributed by atoms with Gasteiger partial charge in [-0.1, -0.05) is 12.8 Å². The van der Waals surface area contributed by atoms with Gasteiger partial charge in [-0.15, -0.1) is 0 Å². The molecule has 1 aromatic carbocycles. The van der Waals surface area contributed by atoms with Gasteiger partial charge in [0.15, 0.2) is 0 Å². The van der Waals surface area contributed by atoms with Crippen LogP contribution in [-0.4, -0.2) is 47.7 Å². The molecule has 25 heavy (non-hydrogen) atoms. The van der Waals surface area contributed by atoms with Crippen molar-refractivity contribution in [3.05, 3.63) is 24.3 Å². The van der Waals surface area contributed by atoms with Gasteiger partial charge in [0.05, 0.1) is 18.6 Å². The van der Waals surface area contributed by atoms with Gasteiger partial charge >= 0.3 is 0 Å². The van der Waals surface area contributed by atoms with Crippen molar-refractivity contribution in [2.24, 2.45) is 5.41 Å². The van der Waals surface area contributed by atoms with Crippen LogP contribution in [0.25, 0.3) is 0 Å². The predicted octanol–water partition coefficient (Wildman–Crippen LogP) is 2.14. The van der Waals surface area contributed by atoms with Gasteiger partial charge < -0.3 is 14.6 Å². The molecule has 2 fully saturated rings. The Morgan fingerprint density at radius 1 is 1.12 bits per heavy atom. The molecule has 1 saturated heterocycles. The molecule has 6 heteroatoms. The Hall–Kier alpha value is -2.08. The molecule has 1 atom stereocenters. The first-order valence-corrected chi connectivity index (χ1v) is 8.92. The molecule has 1 aliphatic heterocycles. The van der Waals surface area contributed by atoms with E-state index in [1.807, 2.05) is 6.92 Å². The number of aliphatic hydroxyl groups is 1. The molecule has 1 aliphatic carbocycles. The summed E-state index contributed by atoms with van der Waals surface area (Å²) in [6.45, 7) is 2.53. The number of imide groups is 1. The summed E-state index contributed by atoms with van der Waals surface area (Å²) in [6, 6.07) is 7.11. The lowest BCUT2D eigenvalue weighted by Gasteiger charge is -2.23. The van der Waals surface area contributed by atoms with Crippen molar-refractivity contribution in [1.82, 2.24) is 4.90 Å². The number of nitrogens with zero attached hydrogens (tertiary/aromatic N) is 1. The van der Waals surface area contributed by atoms with E-state index in [0.717, 1.165) is 31.4 Å². The number of carbonyl (C=O) groups is 2. The highest BCUT2D eigenvalue weighted by atomic mass is 16.5. The lowest BCUT2D eigenvalue weighted by atomic mass is 9.84. The molecule has 1 unspecified atom stereocenters. The van der Waals surface area contributed by atoms with E-state index in [-0.39, 0.29) is 31.4 Å². The molecule has 2 amide bonds. The smallest absolute Gasteiger partial charge is 0.235 e. The van der Waals surface area contributed by atoms with E-state index in [1.165, 1.54) is 4.90 Å². The molecule has 2 aliphatic rings. The third-order valence-electron chi connectivity index (χ3n) is 5.02. The van der Waals surface area contributed by atoms with Gasteiger partial charge in [-0.2, -0.15) is 0 Å². The zero-order valence-corrected chi connectivity index (χ0v) is 14.6. The fraction of sp³-hybridized carbons (Fsp3) is 0.579. The summed E-state index contributed by atoms with van der Waals surface area (Å²) in [5.41, 5.74) is -0.493. The van der Waals surface area contributed by atoms with Crippen LogP contribution in [0.15, 0.2) is 24.3 Å². The zero-order valence-electron chi connectivity index (χ0n) is 14.6. The van der Waals surface area contributed by atoms with Crippen LogP contribution in [0.2, 0.25) is 0 Å². The number of aliphatic hydroxyl groups excluding tert-OH is 1. The second-order valence-corrected chi connectivity index (χ2v) is 6.84. The number of likely N-dealkylation sites (tertiary alicyclic amines) is 1. The van der Waals surface area contributed by atoms with Crippen LogP contribution in [0.5, 0.6) is 11.5 Å². The minimum absolute atomic E-state index is 0.00353. The first-order chi connectivity index (χ1) is 12.0. The molecule has 6 nitrogen and oxygen atoms in total. The van der Waals surface area contributed by atoms with Crippen molar-refractivity contribution in [3.8, 4) is 11.5 Å². The van der Waals surface area contributed by atoms with Crippen LogP contribution in [0.4, 0.5) is 0 Å².